The molecule has 0 saturated carbocycles. The number of thioether (sulfide) groups is 1. The summed E-state index contributed by atoms with van der Waals surface area (Å²) in [5.74, 6) is 0. The molecule has 0 amide bonds. The lowest BCUT2D eigenvalue weighted by atomic mass is 10.3. The third kappa shape index (κ3) is 7.68. The highest BCUT2D eigenvalue weighted by molar-refractivity contribution is 8.14. The quantitative estimate of drug-likeness (QED) is 0.291. The Labute approximate surface area is 72.6 Å². The van der Waals surface area contributed by atoms with Crippen molar-refractivity contribution in [2.24, 2.45) is 16.5 Å². The molecule has 1 unspecified atom stereocenters. The van der Waals surface area contributed by atoms with Crippen LogP contribution in [0.25, 0.3) is 0 Å². The lowest BCUT2D eigenvalue weighted by Gasteiger charge is -2.02. The highest BCUT2D eigenvalue weighted by atomic mass is 32.2. The topological polar surface area (TPSA) is 64.4 Å². The van der Waals surface area contributed by atoms with Gasteiger partial charge in [0.25, 0.3) is 0 Å². The maximum absolute atomic E-state index is 5.55. The van der Waals surface area contributed by atoms with E-state index in [1.165, 1.54) is 11.8 Å². The molecule has 0 aliphatic heterocycles. The molecule has 0 spiro atoms. The predicted molar refractivity (Wildman–Crippen MR) is 52.6 cm³/mol. The smallest absolute Gasteiger partial charge is 0.155 e. The van der Waals surface area contributed by atoms with Gasteiger partial charge in [-0.3, -0.25) is 4.99 Å². The molecule has 4 heteroatoms. The maximum atomic E-state index is 5.55. The third-order valence-electron chi connectivity index (χ3n) is 1.09. The van der Waals surface area contributed by atoms with Gasteiger partial charge in [-0.05, 0) is 13.3 Å². The highest BCUT2D eigenvalue weighted by Crippen LogP contribution is 2.03. The normalized spacial score (nSPS) is 15.0. The predicted octanol–water partition coefficient (Wildman–Crippen LogP) is 1.14. The number of aliphatic imine (C=N–C) groups is 1. The standard InChI is InChI=1S/C7H17N3S/c1-3-4-5-10-7(9)11-6(2)8/h6H,3-5,8H2,1-2H3,(H2,9,10). The van der Waals surface area contributed by atoms with Crippen LogP contribution in [0.1, 0.15) is 26.7 Å². The second-order valence-corrected chi connectivity index (χ2v) is 3.79. The van der Waals surface area contributed by atoms with E-state index < -0.39 is 0 Å². The van der Waals surface area contributed by atoms with E-state index in [9.17, 15) is 0 Å². The number of hydrogen-bond acceptors (Lipinski definition) is 3. The number of unbranched alkanes of at least 4 members (excludes halogenated alkanes) is 1. The molecule has 0 bridgehead atoms. The second-order valence-electron chi connectivity index (χ2n) is 2.40. The van der Waals surface area contributed by atoms with E-state index in [1.54, 1.807) is 0 Å². The van der Waals surface area contributed by atoms with Crippen LogP contribution in [0.3, 0.4) is 0 Å². The second kappa shape index (κ2) is 6.49. The van der Waals surface area contributed by atoms with Gasteiger partial charge in [0, 0.05) is 6.54 Å². The number of nitrogens with two attached hydrogens (primary N) is 2. The van der Waals surface area contributed by atoms with Crippen molar-refractivity contribution in [2.75, 3.05) is 6.54 Å². The third-order valence-corrected chi connectivity index (χ3v) is 1.83. The van der Waals surface area contributed by atoms with Gasteiger partial charge in [0.05, 0.1) is 5.37 Å². The molecule has 0 aromatic carbocycles. The monoisotopic (exact) mass is 175 g/mol. The summed E-state index contributed by atoms with van der Waals surface area (Å²) < 4.78 is 0. The van der Waals surface area contributed by atoms with Crippen molar-refractivity contribution in [3.05, 3.63) is 0 Å². The van der Waals surface area contributed by atoms with Gasteiger partial charge in [0.15, 0.2) is 5.17 Å². The first-order valence-corrected chi connectivity index (χ1v) is 4.77. The van der Waals surface area contributed by atoms with E-state index in [0.717, 1.165) is 19.4 Å². The van der Waals surface area contributed by atoms with Gasteiger partial charge in [-0.15, -0.1) is 0 Å². The summed E-state index contributed by atoms with van der Waals surface area (Å²) in [6, 6.07) is 0. The lowest BCUT2D eigenvalue weighted by molar-refractivity contribution is 0.809. The Morgan fingerprint density at radius 3 is 2.73 bits per heavy atom. The minimum atomic E-state index is 0.0420. The zero-order valence-electron chi connectivity index (χ0n) is 7.21. The largest absolute Gasteiger partial charge is 0.378 e. The summed E-state index contributed by atoms with van der Waals surface area (Å²) in [6.07, 6.45) is 2.25. The molecular formula is C7H17N3S. The maximum Gasteiger partial charge on any atom is 0.155 e. The van der Waals surface area contributed by atoms with Gasteiger partial charge < -0.3 is 11.5 Å². The summed E-state index contributed by atoms with van der Waals surface area (Å²) >= 11 is 1.41. The molecule has 66 valence electrons. The molecule has 0 aliphatic rings. The molecule has 0 heterocycles. The van der Waals surface area contributed by atoms with Gasteiger partial charge in [-0.2, -0.15) is 0 Å². The summed E-state index contributed by atoms with van der Waals surface area (Å²) in [4.78, 5) is 4.13. The van der Waals surface area contributed by atoms with Crippen LogP contribution in [0.2, 0.25) is 0 Å². The average molecular weight is 175 g/mol. The van der Waals surface area contributed by atoms with Gasteiger partial charge in [0.1, 0.15) is 0 Å². The highest BCUT2D eigenvalue weighted by Gasteiger charge is 1.96. The Hall–Kier alpha value is -0.220. The Morgan fingerprint density at radius 2 is 2.27 bits per heavy atom. The molecule has 0 aromatic heterocycles. The van der Waals surface area contributed by atoms with Gasteiger partial charge in [-0.25, -0.2) is 0 Å². The zero-order valence-corrected chi connectivity index (χ0v) is 8.03. The fourth-order valence-corrected chi connectivity index (χ4v) is 1.12. The molecule has 0 radical (unpaired) electrons. The molecule has 0 aromatic rings. The van der Waals surface area contributed by atoms with Crippen LogP contribution in [-0.2, 0) is 0 Å². The van der Waals surface area contributed by atoms with Crippen LogP contribution in [0.15, 0.2) is 4.99 Å². The van der Waals surface area contributed by atoms with Crippen molar-refractivity contribution in [3.8, 4) is 0 Å². The van der Waals surface area contributed by atoms with Crippen LogP contribution in [0, 0.1) is 0 Å². The number of hydrogen-bond donors (Lipinski definition) is 2. The van der Waals surface area contributed by atoms with Gasteiger partial charge in [-0.1, -0.05) is 25.1 Å². The van der Waals surface area contributed by atoms with E-state index in [0.29, 0.717) is 5.17 Å². The molecule has 0 fully saturated rings. The van der Waals surface area contributed by atoms with Crippen molar-refractivity contribution >= 4 is 16.9 Å². The lowest BCUT2D eigenvalue weighted by Crippen LogP contribution is -2.18. The summed E-state index contributed by atoms with van der Waals surface area (Å²) in [5, 5.41) is 0.647. The minimum Gasteiger partial charge on any atom is -0.378 e. The Bertz CT molecular complexity index is 123. The van der Waals surface area contributed by atoms with Crippen LogP contribution in [0.5, 0.6) is 0 Å². The molecule has 0 rings (SSSR count). The first-order valence-electron chi connectivity index (χ1n) is 3.89. The SMILES string of the molecule is CCCCN=C(N)SC(C)N. The fraction of sp³-hybridized carbons (Fsp3) is 0.857. The molecule has 1 atom stereocenters. The fourth-order valence-electron chi connectivity index (χ4n) is 0.575. The Morgan fingerprint density at radius 1 is 1.64 bits per heavy atom. The minimum absolute atomic E-state index is 0.0420. The van der Waals surface area contributed by atoms with E-state index in [1.807, 2.05) is 6.92 Å². The van der Waals surface area contributed by atoms with E-state index in [4.69, 9.17) is 11.5 Å². The molecule has 4 N–H and O–H groups in total. The molecule has 0 aliphatic carbocycles. The van der Waals surface area contributed by atoms with E-state index in [2.05, 4.69) is 11.9 Å². The van der Waals surface area contributed by atoms with Gasteiger partial charge >= 0.3 is 0 Å². The number of rotatable bonds is 4. The van der Waals surface area contributed by atoms with Crippen LogP contribution in [0.4, 0.5) is 0 Å². The number of nitrogens with zero attached hydrogens (tertiary/aromatic N) is 1. The van der Waals surface area contributed by atoms with Crippen LogP contribution >= 0.6 is 11.8 Å². The van der Waals surface area contributed by atoms with E-state index >= 15 is 0 Å². The summed E-state index contributed by atoms with van der Waals surface area (Å²) in [5.41, 5.74) is 11.0. The first kappa shape index (κ1) is 10.8. The first-order chi connectivity index (χ1) is 5.16. The molecule has 0 saturated heterocycles. The van der Waals surface area contributed by atoms with Crippen molar-refractivity contribution < 1.29 is 0 Å². The summed E-state index contributed by atoms with van der Waals surface area (Å²) in [6.45, 7) is 4.85. The van der Waals surface area contributed by atoms with E-state index in [-0.39, 0.29) is 5.37 Å². The molecular weight excluding hydrogens is 158 g/mol. The Kier molecular flexibility index (Phi) is 6.36. The van der Waals surface area contributed by atoms with Crippen molar-refractivity contribution in [3.63, 3.8) is 0 Å². The molecule has 3 nitrogen and oxygen atoms in total. The van der Waals surface area contributed by atoms with Crippen molar-refractivity contribution in [1.29, 1.82) is 0 Å². The molecule has 11 heavy (non-hydrogen) atoms. The zero-order chi connectivity index (χ0) is 8.69. The van der Waals surface area contributed by atoms with Crippen LogP contribution in [-0.4, -0.2) is 17.1 Å². The average Bonchev–Trinajstić information content (AvgIpc) is 1.86. The van der Waals surface area contributed by atoms with Crippen LogP contribution < -0.4 is 11.5 Å². The van der Waals surface area contributed by atoms with Crippen molar-refractivity contribution in [2.45, 2.75) is 32.1 Å². The Balaban J connectivity index is 3.46. The van der Waals surface area contributed by atoms with Gasteiger partial charge in [0.2, 0.25) is 0 Å². The van der Waals surface area contributed by atoms with Crippen molar-refractivity contribution in [1.82, 2.24) is 0 Å². The summed E-state index contributed by atoms with van der Waals surface area (Å²) in [7, 11) is 0. The number of amidine groups is 1.